The second-order valence-electron chi connectivity index (χ2n) is 5.22. The lowest BCUT2D eigenvalue weighted by Crippen LogP contribution is -1.95. The molecule has 0 fully saturated rings. The first-order chi connectivity index (χ1) is 10.9. The number of rotatable bonds is 3. The van der Waals surface area contributed by atoms with Crippen LogP contribution in [0.15, 0.2) is 73.7 Å². The van der Waals surface area contributed by atoms with Crippen molar-refractivity contribution in [3.05, 3.63) is 79.3 Å². The molecule has 0 aliphatic rings. The molecule has 0 aliphatic heterocycles. The van der Waals surface area contributed by atoms with Gasteiger partial charge in [0.2, 0.25) is 0 Å². The van der Waals surface area contributed by atoms with Gasteiger partial charge in [-0.3, -0.25) is 9.97 Å². The van der Waals surface area contributed by atoms with Crippen molar-refractivity contribution >= 4 is 10.9 Å². The van der Waals surface area contributed by atoms with Gasteiger partial charge in [-0.2, -0.15) is 0 Å². The molecule has 0 aliphatic carbocycles. The Morgan fingerprint density at radius 1 is 0.864 bits per heavy atom. The molecule has 0 radical (unpaired) electrons. The van der Waals surface area contributed by atoms with E-state index in [1.165, 1.54) is 5.56 Å². The van der Waals surface area contributed by atoms with Gasteiger partial charge < -0.3 is 4.57 Å². The predicted molar refractivity (Wildman–Crippen MR) is 86.3 cm³/mol. The lowest BCUT2D eigenvalue weighted by atomic mass is 10.0. The third kappa shape index (κ3) is 2.46. The molecular weight excluding hydrogens is 272 g/mol. The van der Waals surface area contributed by atoms with Crippen molar-refractivity contribution in [1.82, 2.24) is 19.5 Å². The minimum atomic E-state index is 0.834. The van der Waals surface area contributed by atoms with Crippen molar-refractivity contribution in [2.75, 3.05) is 0 Å². The van der Waals surface area contributed by atoms with Crippen LogP contribution in [0.2, 0.25) is 0 Å². The van der Waals surface area contributed by atoms with Crippen LogP contribution in [-0.4, -0.2) is 19.5 Å². The summed E-state index contributed by atoms with van der Waals surface area (Å²) in [7, 11) is 0. The minimum Gasteiger partial charge on any atom is -0.333 e. The quantitative estimate of drug-likeness (QED) is 0.578. The van der Waals surface area contributed by atoms with E-state index in [1.54, 1.807) is 12.4 Å². The third-order valence-corrected chi connectivity index (χ3v) is 3.69. The number of hydrogen-bond acceptors (Lipinski definition) is 3. The van der Waals surface area contributed by atoms with Crippen LogP contribution < -0.4 is 0 Å². The zero-order valence-corrected chi connectivity index (χ0v) is 11.9. The largest absolute Gasteiger partial charge is 0.333 e. The van der Waals surface area contributed by atoms with Crippen LogP contribution in [0, 0.1) is 0 Å². The molecule has 3 aromatic heterocycles. The van der Waals surface area contributed by atoms with Gasteiger partial charge in [0, 0.05) is 48.5 Å². The molecular formula is C18H14N4. The average molecular weight is 286 g/mol. The highest BCUT2D eigenvalue weighted by atomic mass is 15.0. The zero-order valence-electron chi connectivity index (χ0n) is 11.9. The Labute approximate surface area is 128 Å². The van der Waals surface area contributed by atoms with Gasteiger partial charge in [-0.15, -0.1) is 0 Å². The minimum absolute atomic E-state index is 0.834. The van der Waals surface area contributed by atoms with E-state index >= 15 is 0 Å². The van der Waals surface area contributed by atoms with Crippen molar-refractivity contribution in [3.8, 4) is 11.1 Å². The van der Waals surface area contributed by atoms with Crippen LogP contribution in [0.1, 0.15) is 5.56 Å². The summed E-state index contributed by atoms with van der Waals surface area (Å²) in [6.45, 7) is 0.834. The lowest BCUT2D eigenvalue weighted by molar-refractivity contribution is 0.797. The van der Waals surface area contributed by atoms with Crippen molar-refractivity contribution < 1.29 is 0 Å². The molecule has 22 heavy (non-hydrogen) atoms. The fourth-order valence-corrected chi connectivity index (χ4v) is 2.52. The number of hydrogen-bond donors (Lipinski definition) is 0. The van der Waals surface area contributed by atoms with Crippen molar-refractivity contribution in [3.63, 3.8) is 0 Å². The first-order valence-corrected chi connectivity index (χ1v) is 7.13. The summed E-state index contributed by atoms with van der Waals surface area (Å²) < 4.78 is 2.05. The van der Waals surface area contributed by atoms with Gasteiger partial charge in [0.25, 0.3) is 0 Å². The highest BCUT2D eigenvalue weighted by Crippen LogP contribution is 2.22. The lowest BCUT2D eigenvalue weighted by Gasteiger charge is -2.06. The second kappa shape index (κ2) is 5.41. The zero-order chi connectivity index (χ0) is 14.8. The van der Waals surface area contributed by atoms with E-state index in [0.29, 0.717) is 0 Å². The summed E-state index contributed by atoms with van der Waals surface area (Å²) in [6, 6.07) is 12.6. The molecule has 0 saturated carbocycles. The van der Waals surface area contributed by atoms with Crippen LogP contribution in [0.3, 0.4) is 0 Å². The molecule has 106 valence electrons. The molecule has 4 aromatic rings. The predicted octanol–water partition coefficient (Wildman–Crippen LogP) is 3.54. The summed E-state index contributed by atoms with van der Waals surface area (Å²) in [6.07, 6.45) is 11.1. The molecule has 4 rings (SSSR count). The van der Waals surface area contributed by atoms with Gasteiger partial charge in [0.15, 0.2) is 0 Å². The normalized spacial score (nSPS) is 10.9. The molecule has 0 spiro atoms. The monoisotopic (exact) mass is 286 g/mol. The van der Waals surface area contributed by atoms with Crippen molar-refractivity contribution in [1.29, 1.82) is 0 Å². The molecule has 0 saturated heterocycles. The average Bonchev–Trinajstić information content (AvgIpc) is 3.08. The van der Waals surface area contributed by atoms with Gasteiger partial charge >= 0.3 is 0 Å². The van der Waals surface area contributed by atoms with E-state index in [1.807, 2.05) is 31.0 Å². The maximum Gasteiger partial charge on any atom is 0.0949 e. The summed E-state index contributed by atoms with van der Waals surface area (Å²) in [4.78, 5) is 12.7. The summed E-state index contributed by atoms with van der Waals surface area (Å²) in [5.74, 6) is 0. The molecule has 0 N–H and O–H groups in total. The van der Waals surface area contributed by atoms with Gasteiger partial charge in [-0.1, -0.05) is 24.3 Å². The second-order valence-corrected chi connectivity index (χ2v) is 5.22. The highest BCUT2D eigenvalue weighted by molar-refractivity contribution is 5.82. The van der Waals surface area contributed by atoms with E-state index in [9.17, 15) is 0 Å². The Hall–Kier alpha value is -3.01. The van der Waals surface area contributed by atoms with Crippen LogP contribution in [0.5, 0.6) is 0 Å². The fourth-order valence-electron chi connectivity index (χ4n) is 2.52. The molecule has 4 heteroatoms. The van der Waals surface area contributed by atoms with Gasteiger partial charge in [0.1, 0.15) is 0 Å². The number of imidazole rings is 1. The third-order valence-electron chi connectivity index (χ3n) is 3.69. The van der Waals surface area contributed by atoms with Crippen molar-refractivity contribution in [2.45, 2.75) is 6.54 Å². The van der Waals surface area contributed by atoms with E-state index in [0.717, 1.165) is 28.6 Å². The van der Waals surface area contributed by atoms with Crippen LogP contribution >= 0.6 is 0 Å². The van der Waals surface area contributed by atoms with Crippen molar-refractivity contribution in [2.24, 2.45) is 0 Å². The Morgan fingerprint density at radius 2 is 1.77 bits per heavy atom. The first-order valence-electron chi connectivity index (χ1n) is 7.13. The highest BCUT2D eigenvalue weighted by Gasteiger charge is 2.02. The van der Waals surface area contributed by atoms with E-state index in [4.69, 9.17) is 0 Å². The van der Waals surface area contributed by atoms with Gasteiger partial charge in [-0.05, 0) is 23.3 Å². The van der Waals surface area contributed by atoms with Crippen LogP contribution in [-0.2, 0) is 6.54 Å². The Morgan fingerprint density at radius 3 is 2.59 bits per heavy atom. The molecule has 0 bridgehead atoms. The molecule has 0 atom stereocenters. The smallest absolute Gasteiger partial charge is 0.0949 e. The van der Waals surface area contributed by atoms with Gasteiger partial charge in [0.05, 0.1) is 11.8 Å². The topological polar surface area (TPSA) is 43.6 Å². The molecule has 0 amide bonds. The van der Waals surface area contributed by atoms with E-state index in [2.05, 4.69) is 49.9 Å². The fraction of sp³-hybridized carbons (Fsp3) is 0.0556. The maximum absolute atomic E-state index is 4.49. The number of benzene rings is 1. The first kappa shape index (κ1) is 12.7. The number of aromatic nitrogens is 4. The van der Waals surface area contributed by atoms with Gasteiger partial charge in [-0.25, -0.2) is 4.98 Å². The van der Waals surface area contributed by atoms with Crippen LogP contribution in [0.4, 0.5) is 0 Å². The number of pyridine rings is 2. The van der Waals surface area contributed by atoms with Crippen LogP contribution in [0.25, 0.3) is 22.0 Å². The Balaban J connectivity index is 1.63. The number of nitrogens with zero attached hydrogens (tertiary/aromatic N) is 4. The summed E-state index contributed by atoms with van der Waals surface area (Å²) in [5, 5.41) is 1.06. The number of fused-ring (bicyclic) bond motifs is 1. The SMILES string of the molecule is c1cc2ncc(-c3ccc(Cn4ccnc4)cc3)cc2cn1. The Bertz CT molecular complexity index is 896. The Kier molecular flexibility index (Phi) is 3.12. The molecule has 1 aromatic carbocycles. The molecule has 3 heterocycles. The summed E-state index contributed by atoms with van der Waals surface area (Å²) >= 11 is 0. The summed E-state index contributed by atoms with van der Waals surface area (Å²) in [5.41, 5.74) is 4.48. The standard InChI is InChI=1S/C18H14N4/c1-3-15(4-2-14(1)12-22-8-7-20-13-22)16-9-17-10-19-6-5-18(17)21-11-16/h1-11,13H,12H2. The molecule has 4 nitrogen and oxygen atoms in total. The molecule has 0 unspecified atom stereocenters. The van der Waals surface area contributed by atoms with E-state index in [-0.39, 0.29) is 0 Å². The van der Waals surface area contributed by atoms with E-state index < -0.39 is 0 Å². The maximum atomic E-state index is 4.49.